The van der Waals surface area contributed by atoms with Gasteiger partial charge in [-0.25, -0.2) is 0 Å². The lowest BCUT2D eigenvalue weighted by molar-refractivity contribution is 1.20. The predicted octanol–water partition coefficient (Wildman–Crippen LogP) is 2.33. The number of alkyl halides is 1. The molecule has 0 aliphatic heterocycles. The van der Waals surface area contributed by atoms with Gasteiger partial charge in [0.1, 0.15) is 0 Å². The van der Waals surface area contributed by atoms with E-state index >= 15 is 0 Å². The van der Waals surface area contributed by atoms with E-state index < -0.39 is 0 Å². The minimum Gasteiger partial charge on any atom is -0.328 e. The highest BCUT2D eigenvalue weighted by molar-refractivity contribution is 9.08. The van der Waals surface area contributed by atoms with Gasteiger partial charge in [-0.05, 0) is 11.6 Å². The summed E-state index contributed by atoms with van der Waals surface area (Å²) in [7, 11) is 0. The maximum Gasteiger partial charge on any atom is 0.248 e. The fraction of sp³-hybridized carbons (Fsp3) is 0.0909. The van der Waals surface area contributed by atoms with Crippen molar-refractivity contribution >= 4 is 15.9 Å². The van der Waals surface area contributed by atoms with Gasteiger partial charge in [0.25, 0.3) is 0 Å². The summed E-state index contributed by atoms with van der Waals surface area (Å²) in [6, 6.07) is 5.43. The molecule has 0 unspecified atom stereocenters. The zero-order valence-electron chi connectivity index (χ0n) is 7.90. The van der Waals surface area contributed by atoms with Gasteiger partial charge in [0, 0.05) is 41.1 Å². The van der Waals surface area contributed by atoms with Gasteiger partial charge in [0.2, 0.25) is 5.56 Å². The Morgan fingerprint density at radius 3 is 3.00 bits per heavy atom. The number of nitrogens with zero attached hydrogens (tertiary/aromatic N) is 1. The molecule has 0 radical (unpaired) electrons. The average Bonchev–Trinajstić information content (AvgIpc) is 2.30. The number of pyridine rings is 2. The maximum absolute atomic E-state index is 11.1. The van der Waals surface area contributed by atoms with Gasteiger partial charge < -0.3 is 4.98 Å². The topological polar surface area (TPSA) is 45.8 Å². The van der Waals surface area contributed by atoms with Crippen LogP contribution in [0.1, 0.15) is 5.56 Å². The van der Waals surface area contributed by atoms with Crippen LogP contribution in [0.15, 0.2) is 41.6 Å². The maximum atomic E-state index is 11.1. The van der Waals surface area contributed by atoms with Crippen molar-refractivity contribution < 1.29 is 0 Å². The molecule has 15 heavy (non-hydrogen) atoms. The lowest BCUT2D eigenvalue weighted by atomic mass is 10.1. The molecule has 2 rings (SSSR count). The highest BCUT2D eigenvalue weighted by Crippen LogP contribution is 2.22. The first-order chi connectivity index (χ1) is 7.31. The molecule has 0 fully saturated rings. The van der Waals surface area contributed by atoms with Gasteiger partial charge in [-0.3, -0.25) is 9.78 Å². The van der Waals surface area contributed by atoms with Gasteiger partial charge in [-0.1, -0.05) is 22.0 Å². The highest BCUT2D eigenvalue weighted by Gasteiger charge is 2.04. The first kappa shape index (κ1) is 10.1. The summed E-state index contributed by atoms with van der Waals surface area (Å²) in [6.07, 6.45) is 5.22. The lowest BCUT2D eigenvalue weighted by Gasteiger charge is -2.05. The molecule has 0 aromatic carbocycles. The zero-order chi connectivity index (χ0) is 10.7. The van der Waals surface area contributed by atoms with Crippen LogP contribution in [-0.2, 0) is 5.33 Å². The molecule has 2 heterocycles. The van der Waals surface area contributed by atoms with Crippen LogP contribution in [0.2, 0.25) is 0 Å². The van der Waals surface area contributed by atoms with Gasteiger partial charge >= 0.3 is 0 Å². The molecule has 4 heteroatoms. The summed E-state index contributed by atoms with van der Waals surface area (Å²) in [5.74, 6) is 0. The molecule has 0 saturated carbocycles. The Balaban J connectivity index is 2.58. The fourth-order valence-corrected chi connectivity index (χ4v) is 1.88. The first-order valence-corrected chi connectivity index (χ1v) is 5.61. The van der Waals surface area contributed by atoms with Crippen molar-refractivity contribution in [1.82, 2.24) is 9.97 Å². The molecule has 0 aliphatic carbocycles. The molecule has 2 aromatic rings. The third-order valence-corrected chi connectivity index (χ3v) is 2.73. The summed E-state index contributed by atoms with van der Waals surface area (Å²) in [4.78, 5) is 17.9. The summed E-state index contributed by atoms with van der Waals surface area (Å²) in [5.41, 5.74) is 2.88. The van der Waals surface area contributed by atoms with Crippen molar-refractivity contribution in [2.45, 2.75) is 5.33 Å². The second-order valence-electron chi connectivity index (χ2n) is 3.11. The second kappa shape index (κ2) is 4.40. The smallest absolute Gasteiger partial charge is 0.248 e. The number of rotatable bonds is 2. The third-order valence-electron chi connectivity index (χ3n) is 2.13. The van der Waals surface area contributed by atoms with Crippen molar-refractivity contribution in [2.75, 3.05) is 0 Å². The van der Waals surface area contributed by atoms with Crippen LogP contribution in [0.3, 0.4) is 0 Å². The number of nitrogens with one attached hydrogen (secondary N) is 1. The number of halogens is 1. The van der Waals surface area contributed by atoms with E-state index in [2.05, 4.69) is 25.9 Å². The van der Waals surface area contributed by atoms with E-state index in [0.29, 0.717) is 5.33 Å². The van der Waals surface area contributed by atoms with Crippen LogP contribution in [0.4, 0.5) is 0 Å². The Bertz CT molecular complexity index is 507. The van der Waals surface area contributed by atoms with Crippen LogP contribution < -0.4 is 5.56 Å². The Labute approximate surface area is 95.3 Å². The van der Waals surface area contributed by atoms with Crippen molar-refractivity contribution in [3.63, 3.8) is 0 Å². The molecule has 0 amide bonds. The monoisotopic (exact) mass is 264 g/mol. The Kier molecular flexibility index (Phi) is 2.97. The van der Waals surface area contributed by atoms with Gasteiger partial charge in [0.05, 0.1) is 0 Å². The number of H-pyrrole nitrogens is 1. The van der Waals surface area contributed by atoms with E-state index in [1.807, 2.05) is 12.1 Å². The molecule has 0 aliphatic rings. The number of hydrogen-bond acceptors (Lipinski definition) is 2. The fourth-order valence-electron chi connectivity index (χ4n) is 1.42. The van der Waals surface area contributed by atoms with E-state index in [9.17, 15) is 4.79 Å². The SMILES string of the molecule is O=c1cc(CBr)c(-c2cccnc2)c[nH]1. The number of aromatic amines is 1. The Morgan fingerprint density at radius 2 is 2.33 bits per heavy atom. The van der Waals surface area contributed by atoms with Gasteiger partial charge in [-0.15, -0.1) is 0 Å². The second-order valence-corrected chi connectivity index (χ2v) is 3.67. The molecule has 0 spiro atoms. The summed E-state index contributed by atoms with van der Waals surface area (Å²) < 4.78 is 0. The normalized spacial score (nSPS) is 10.2. The standard InChI is InChI=1S/C11H9BrN2O/c12-5-9-4-11(15)14-7-10(9)8-2-1-3-13-6-8/h1-4,6-7H,5H2,(H,14,15). The van der Waals surface area contributed by atoms with Crippen LogP contribution in [0, 0.1) is 0 Å². The van der Waals surface area contributed by atoms with E-state index in [1.165, 1.54) is 0 Å². The quantitative estimate of drug-likeness (QED) is 0.847. The van der Waals surface area contributed by atoms with Gasteiger partial charge in [-0.2, -0.15) is 0 Å². The van der Waals surface area contributed by atoms with Crippen molar-refractivity contribution in [3.05, 3.63) is 52.7 Å². The molecular weight excluding hydrogens is 256 g/mol. The number of hydrogen-bond donors (Lipinski definition) is 1. The molecule has 0 bridgehead atoms. The highest BCUT2D eigenvalue weighted by atomic mass is 79.9. The number of aromatic nitrogens is 2. The Morgan fingerprint density at radius 1 is 1.47 bits per heavy atom. The van der Waals surface area contributed by atoms with E-state index in [0.717, 1.165) is 16.7 Å². The average molecular weight is 265 g/mol. The molecule has 0 atom stereocenters. The predicted molar refractivity (Wildman–Crippen MR) is 62.9 cm³/mol. The molecule has 2 aromatic heterocycles. The minimum absolute atomic E-state index is 0.0860. The van der Waals surface area contributed by atoms with E-state index in [4.69, 9.17) is 0 Å². The first-order valence-electron chi connectivity index (χ1n) is 4.49. The van der Waals surface area contributed by atoms with Crippen molar-refractivity contribution in [1.29, 1.82) is 0 Å². The largest absolute Gasteiger partial charge is 0.328 e. The van der Waals surface area contributed by atoms with Crippen LogP contribution in [0.25, 0.3) is 11.1 Å². The summed E-state index contributed by atoms with van der Waals surface area (Å²) >= 11 is 3.37. The summed E-state index contributed by atoms with van der Waals surface area (Å²) in [5, 5.41) is 0.654. The van der Waals surface area contributed by atoms with E-state index in [1.54, 1.807) is 24.7 Å². The van der Waals surface area contributed by atoms with Gasteiger partial charge in [0.15, 0.2) is 0 Å². The third kappa shape index (κ3) is 2.15. The molecular formula is C11H9BrN2O. The van der Waals surface area contributed by atoms with E-state index in [-0.39, 0.29) is 5.56 Å². The van der Waals surface area contributed by atoms with Crippen LogP contribution in [0.5, 0.6) is 0 Å². The van der Waals surface area contributed by atoms with Crippen LogP contribution in [-0.4, -0.2) is 9.97 Å². The lowest BCUT2D eigenvalue weighted by Crippen LogP contribution is -2.05. The molecule has 76 valence electrons. The molecule has 3 nitrogen and oxygen atoms in total. The van der Waals surface area contributed by atoms with Crippen molar-refractivity contribution in [2.24, 2.45) is 0 Å². The van der Waals surface area contributed by atoms with Crippen molar-refractivity contribution in [3.8, 4) is 11.1 Å². The summed E-state index contributed by atoms with van der Waals surface area (Å²) in [6.45, 7) is 0. The Hall–Kier alpha value is -1.42. The van der Waals surface area contributed by atoms with Crippen LogP contribution >= 0.6 is 15.9 Å². The molecule has 1 N–H and O–H groups in total. The minimum atomic E-state index is -0.0860. The zero-order valence-corrected chi connectivity index (χ0v) is 9.49. The molecule has 0 saturated heterocycles.